The highest BCUT2D eigenvalue weighted by atomic mass is 32.1. The van der Waals surface area contributed by atoms with Gasteiger partial charge in [-0.25, -0.2) is 4.79 Å². The molecule has 5 rings (SSSR count). The molecule has 9 heteroatoms. The molecular weight excluding hydrogens is 476 g/mol. The highest BCUT2D eigenvalue weighted by Crippen LogP contribution is 2.39. The highest BCUT2D eigenvalue weighted by molar-refractivity contribution is 7.17. The summed E-state index contributed by atoms with van der Waals surface area (Å²) in [6.45, 7) is 6.26. The number of ether oxygens (including phenoxy) is 1. The summed E-state index contributed by atoms with van der Waals surface area (Å²) < 4.78 is 10.8. The molecule has 0 spiro atoms. The van der Waals surface area contributed by atoms with Crippen molar-refractivity contribution >= 4 is 28.2 Å². The van der Waals surface area contributed by atoms with E-state index in [9.17, 15) is 9.59 Å². The van der Waals surface area contributed by atoms with Crippen LogP contribution in [0.1, 0.15) is 64.9 Å². The standard InChI is InChI=1S/C27H32N4O4S/c1-3-34-27(33)23-20-10-6-7-11-21(20)36-26(23)29-25(32)18-12-14-31(15-13-18)16-22-28-24(30-35-22)19-9-5-4-8-17(19)2/h4-5,8-9,18H,3,6-7,10-16H2,1-2H3,(H,29,32). The zero-order valence-electron chi connectivity index (χ0n) is 20.8. The molecule has 0 radical (unpaired) electrons. The topological polar surface area (TPSA) is 97.6 Å². The number of carbonyl (C=O) groups excluding carboxylic acids is 2. The van der Waals surface area contributed by atoms with E-state index in [1.165, 1.54) is 4.88 Å². The monoisotopic (exact) mass is 508 g/mol. The van der Waals surface area contributed by atoms with Gasteiger partial charge in [-0.3, -0.25) is 9.69 Å². The first kappa shape index (κ1) is 24.6. The van der Waals surface area contributed by atoms with Crippen LogP contribution in [0.15, 0.2) is 28.8 Å². The lowest BCUT2D eigenvalue weighted by Gasteiger charge is -2.30. The predicted molar refractivity (Wildman–Crippen MR) is 138 cm³/mol. The van der Waals surface area contributed by atoms with E-state index in [4.69, 9.17) is 9.26 Å². The fourth-order valence-corrected chi connectivity index (χ4v) is 6.36. The number of fused-ring (bicyclic) bond motifs is 1. The van der Waals surface area contributed by atoms with E-state index < -0.39 is 0 Å². The summed E-state index contributed by atoms with van der Waals surface area (Å²) in [5.74, 6) is 0.749. The Hall–Kier alpha value is -3.04. The van der Waals surface area contributed by atoms with Gasteiger partial charge in [0.25, 0.3) is 0 Å². The van der Waals surface area contributed by atoms with E-state index in [2.05, 4.69) is 20.4 Å². The molecule has 0 bridgehead atoms. The number of anilines is 1. The van der Waals surface area contributed by atoms with Crippen LogP contribution in [0, 0.1) is 12.8 Å². The van der Waals surface area contributed by atoms with Crippen LogP contribution in [0.3, 0.4) is 0 Å². The molecule has 0 atom stereocenters. The largest absolute Gasteiger partial charge is 0.462 e. The van der Waals surface area contributed by atoms with Crippen molar-refractivity contribution in [2.24, 2.45) is 5.92 Å². The quantitative estimate of drug-likeness (QED) is 0.448. The molecule has 1 amide bonds. The van der Waals surface area contributed by atoms with Crippen LogP contribution < -0.4 is 5.32 Å². The molecule has 2 aromatic heterocycles. The number of rotatable bonds is 7. The van der Waals surface area contributed by atoms with Crippen molar-refractivity contribution < 1.29 is 18.8 Å². The number of amides is 1. The lowest BCUT2D eigenvalue weighted by molar-refractivity contribution is -0.121. The third-order valence-electron chi connectivity index (χ3n) is 7.06. The molecule has 8 nitrogen and oxygen atoms in total. The van der Waals surface area contributed by atoms with Gasteiger partial charge in [0, 0.05) is 16.4 Å². The first-order valence-electron chi connectivity index (χ1n) is 12.8. The van der Waals surface area contributed by atoms with Gasteiger partial charge in [0.1, 0.15) is 5.00 Å². The second-order valence-corrected chi connectivity index (χ2v) is 10.6. The maximum atomic E-state index is 13.2. The second kappa shape index (κ2) is 10.9. The second-order valence-electron chi connectivity index (χ2n) is 9.50. The number of aromatic nitrogens is 2. The van der Waals surface area contributed by atoms with Crippen molar-refractivity contribution in [3.8, 4) is 11.4 Å². The summed E-state index contributed by atoms with van der Waals surface area (Å²) in [4.78, 5) is 33.9. The first-order valence-corrected chi connectivity index (χ1v) is 13.6. The van der Waals surface area contributed by atoms with E-state index in [-0.39, 0.29) is 17.8 Å². The molecule has 190 valence electrons. The molecule has 3 aromatic rings. The van der Waals surface area contributed by atoms with Crippen LogP contribution in [0.4, 0.5) is 5.00 Å². The number of carbonyl (C=O) groups is 2. The molecule has 0 unspecified atom stereocenters. The Kier molecular flexibility index (Phi) is 7.48. The maximum absolute atomic E-state index is 13.2. The van der Waals surface area contributed by atoms with Crippen molar-refractivity contribution in [3.05, 3.63) is 51.7 Å². The first-order chi connectivity index (χ1) is 17.5. The number of hydrogen-bond acceptors (Lipinski definition) is 8. The molecule has 1 aliphatic carbocycles. The van der Waals surface area contributed by atoms with E-state index in [0.29, 0.717) is 35.4 Å². The van der Waals surface area contributed by atoms with Crippen LogP contribution >= 0.6 is 11.3 Å². The number of thiophene rings is 1. The average Bonchev–Trinajstić information content (AvgIpc) is 3.49. The van der Waals surface area contributed by atoms with Gasteiger partial charge in [0.15, 0.2) is 0 Å². The fourth-order valence-electron chi connectivity index (χ4n) is 5.08. The van der Waals surface area contributed by atoms with Crippen LogP contribution in [0.25, 0.3) is 11.4 Å². The summed E-state index contributed by atoms with van der Waals surface area (Å²) in [6.07, 6.45) is 5.49. The molecule has 1 aromatic carbocycles. The number of likely N-dealkylation sites (tertiary alicyclic amines) is 1. The molecule has 0 saturated carbocycles. The summed E-state index contributed by atoms with van der Waals surface area (Å²) in [5.41, 5.74) is 3.72. The average molecular weight is 509 g/mol. The third-order valence-corrected chi connectivity index (χ3v) is 8.27. The van der Waals surface area contributed by atoms with Crippen molar-refractivity contribution in [1.29, 1.82) is 0 Å². The highest BCUT2D eigenvalue weighted by Gasteiger charge is 2.30. The van der Waals surface area contributed by atoms with Crippen LogP contribution in [0.2, 0.25) is 0 Å². The number of hydrogen-bond donors (Lipinski definition) is 1. The summed E-state index contributed by atoms with van der Waals surface area (Å²) in [6, 6.07) is 7.98. The van der Waals surface area contributed by atoms with E-state index >= 15 is 0 Å². The van der Waals surface area contributed by atoms with Gasteiger partial charge in [-0.1, -0.05) is 29.4 Å². The summed E-state index contributed by atoms with van der Waals surface area (Å²) in [7, 11) is 0. The predicted octanol–water partition coefficient (Wildman–Crippen LogP) is 5.01. The molecule has 2 aliphatic rings. The van der Waals surface area contributed by atoms with Gasteiger partial charge in [-0.15, -0.1) is 11.3 Å². The number of esters is 1. The van der Waals surface area contributed by atoms with Gasteiger partial charge in [-0.2, -0.15) is 4.98 Å². The molecule has 1 fully saturated rings. The van der Waals surface area contributed by atoms with Gasteiger partial charge >= 0.3 is 5.97 Å². The Morgan fingerprint density at radius 1 is 1.19 bits per heavy atom. The van der Waals surface area contributed by atoms with Crippen LogP contribution in [0.5, 0.6) is 0 Å². The maximum Gasteiger partial charge on any atom is 0.341 e. The molecule has 1 N–H and O–H groups in total. The molecule has 36 heavy (non-hydrogen) atoms. The van der Waals surface area contributed by atoms with Gasteiger partial charge < -0.3 is 14.6 Å². The fraction of sp³-hybridized carbons (Fsp3) is 0.481. The van der Waals surface area contributed by atoms with E-state index in [1.54, 1.807) is 18.3 Å². The SMILES string of the molecule is CCOC(=O)c1c(NC(=O)C2CCN(Cc3nc(-c4ccccc4C)no3)CC2)sc2c1CCCC2. The van der Waals surface area contributed by atoms with Crippen molar-refractivity contribution in [1.82, 2.24) is 15.0 Å². The zero-order chi connectivity index (χ0) is 25.1. The Labute approximate surface area is 215 Å². The zero-order valence-corrected chi connectivity index (χ0v) is 21.7. The number of benzene rings is 1. The molecule has 1 saturated heterocycles. The van der Waals surface area contributed by atoms with Crippen molar-refractivity contribution in [3.63, 3.8) is 0 Å². The number of aryl methyl sites for hydroxylation is 2. The number of piperidine rings is 1. The minimum Gasteiger partial charge on any atom is -0.462 e. The number of nitrogens with zero attached hydrogens (tertiary/aromatic N) is 3. The van der Waals surface area contributed by atoms with E-state index in [1.807, 2.05) is 31.2 Å². The molecular formula is C27H32N4O4S. The van der Waals surface area contributed by atoms with Gasteiger partial charge in [0.05, 0.1) is 18.7 Å². The Morgan fingerprint density at radius 3 is 2.75 bits per heavy atom. The number of nitrogens with one attached hydrogen (secondary N) is 1. The Balaban J connectivity index is 1.19. The van der Waals surface area contributed by atoms with Crippen molar-refractivity contribution in [2.75, 3.05) is 25.0 Å². The Bertz CT molecular complexity index is 1240. The van der Waals surface area contributed by atoms with Crippen molar-refractivity contribution in [2.45, 2.75) is 58.9 Å². The van der Waals surface area contributed by atoms with Crippen LogP contribution in [-0.4, -0.2) is 46.6 Å². The van der Waals surface area contributed by atoms with Crippen LogP contribution in [-0.2, 0) is 28.9 Å². The minimum absolute atomic E-state index is 0.0153. The van der Waals surface area contributed by atoms with Gasteiger partial charge in [-0.05, 0) is 76.6 Å². The lowest BCUT2D eigenvalue weighted by Crippen LogP contribution is -2.37. The minimum atomic E-state index is -0.327. The summed E-state index contributed by atoms with van der Waals surface area (Å²) in [5, 5.41) is 7.89. The summed E-state index contributed by atoms with van der Waals surface area (Å²) >= 11 is 1.54. The lowest BCUT2D eigenvalue weighted by atomic mass is 9.94. The molecule has 1 aliphatic heterocycles. The normalized spacial score (nSPS) is 16.5. The van der Waals surface area contributed by atoms with E-state index in [0.717, 1.165) is 68.3 Å². The molecule has 3 heterocycles. The Morgan fingerprint density at radius 2 is 1.97 bits per heavy atom. The third kappa shape index (κ3) is 5.22. The van der Waals surface area contributed by atoms with Gasteiger partial charge in [0.2, 0.25) is 17.6 Å². The smallest absolute Gasteiger partial charge is 0.341 e.